The van der Waals surface area contributed by atoms with Crippen LogP contribution in [-0.4, -0.2) is 23.3 Å². The number of carbonyl (C=O) groups is 2. The van der Waals surface area contributed by atoms with E-state index < -0.39 is 0 Å². The molecular formula is C11H14N2O2S. The molecule has 1 aromatic rings. The molecule has 0 radical (unpaired) electrons. The Kier molecular flexibility index (Phi) is 5.42. The third-order valence-corrected chi connectivity index (χ3v) is 2.76. The van der Waals surface area contributed by atoms with E-state index in [-0.39, 0.29) is 17.6 Å². The van der Waals surface area contributed by atoms with Crippen molar-refractivity contribution in [3.8, 4) is 0 Å². The Bertz CT molecular complexity index is 354. The van der Waals surface area contributed by atoms with Gasteiger partial charge < -0.3 is 11.1 Å². The highest BCUT2D eigenvalue weighted by atomic mass is 32.2. The van der Waals surface area contributed by atoms with Crippen LogP contribution in [0.4, 0.5) is 5.69 Å². The fourth-order valence-electron chi connectivity index (χ4n) is 1.08. The molecule has 2 amide bonds. The molecule has 4 nitrogen and oxygen atoms in total. The highest BCUT2D eigenvalue weighted by Gasteiger charge is 2.02. The lowest BCUT2D eigenvalue weighted by Crippen LogP contribution is -2.15. The SMILES string of the molecule is NC(=O)CSCCC(=O)Nc1ccccc1. The number of thioether (sulfide) groups is 1. The fourth-order valence-corrected chi connectivity index (χ4v) is 1.76. The smallest absolute Gasteiger partial charge is 0.227 e. The minimum absolute atomic E-state index is 0.0526. The van der Waals surface area contributed by atoms with Crippen LogP contribution in [0.15, 0.2) is 30.3 Å². The minimum Gasteiger partial charge on any atom is -0.369 e. The minimum atomic E-state index is -0.353. The Labute approximate surface area is 98.6 Å². The molecule has 1 aromatic carbocycles. The number of para-hydroxylation sites is 1. The molecule has 0 saturated heterocycles. The van der Waals surface area contributed by atoms with Crippen LogP contribution in [0.25, 0.3) is 0 Å². The first-order valence-electron chi connectivity index (χ1n) is 4.89. The Morgan fingerprint density at radius 1 is 1.25 bits per heavy atom. The summed E-state index contributed by atoms with van der Waals surface area (Å²) < 4.78 is 0. The first kappa shape index (κ1) is 12.6. The third kappa shape index (κ3) is 5.41. The summed E-state index contributed by atoms with van der Waals surface area (Å²) in [6.07, 6.45) is 0.382. The van der Waals surface area contributed by atoms with Gasteiger partial charge in [0.1, 0.15) is 0 Å². The Balaban J connectivity index is 2.19. The lowest BCUT2D eigenvalue weighted by molar-refractivity contribution is -0.116. The second-order valence-electron chi connectivity index (χ2n) is 3.18. The summed E-state index contributed by atoms with van der Waals surface area (Å²) in [4.78, 5) is 21.9. The van der Waals surface area contributed by atoms with Crippen LogP contribution in [0, 0.1) is 0 Å². The van der Waals surface area contributed by atoms with E-state index in [0.717, 1.165) is 5.69 Å². The normalized spacial score (nSPS) is 9.75. The molecule has 3 N–H and O–H groups in total. The van der Waals surface area contributed by atoms with Crippen LogP contribution in [0.3, 0.4) is 0 Å². The lowest BCUT2D eigenvalue weighted by atomic mass is 10.3. The third-order valence-electron chi connectivity index (χ3n) is 1.78. The van der Waals surface area contributed by atoms with E-state index in [9.17, 15) is 9.59 Å². The summed E-state index contributed by atoms with van der Waals surface area (Å²) in [5.41, 5.74) is 5.76. The van der Waals surface area contributed by atoms with Gasteiger partial charge in [0, 0.05) is 17.9 Å². The van der Waals surface area contributed by atoms with E-state index in [1.165, 1.54) is 11.8 Å². The zero-order valence-electron chi connectivity index (χ0n) is 8.81. The summed E-state index contributed by atoms with van der Waals surface area (Å²) in [7, 11) is 0. The molecule has 86 valence electrons. The zero-order valence-corrected chi connectivity index (χ0v) is 9.63. The van der Waals surface area contributed by atoms with Crippen LogP contribution >= 0.6 is 11.8 Å². The van der Waals surface area contributed by atoms with Crippen molar-refractivity contribution in [2.24, 2.45) is 5.73 Å². The summed E-state index contributed by atoms with van der Waals surface area (Å²) in [5.74, 6) is 0.455. The van der Waals surface area contributed by atoms with Crippen LogP contribution in [-0.2, 0) is 9.59 Å². The Hall–Kier alpha value is -1.49. The summed E-state index contributed by atoms with van der Waals surface area (Å²) in [5, 5.41) is 2.76. The van der Waals surface area contributed by atoms with Gasteiger partial charge in [-0.3, -0.25) is 9.59 Å². The number of carbonyl (C=O) groups excluding carboxylic acids is 2. The molecule has 0 aromatic heterocycles. The fraction of sp³-hybridized carbons (Fsp3) is 0.273. The lowest BCUT2D eigenvalue weighted by Gasteiger charge is -2.04. The summed E-state index contributed by atoms with van der Waals surface area (Å²) >= 11 is 1.36. The molecule has 0 atom stereocenters. The van der Waals surface area contributed by atoms with Crippen LogP contribution < -0.4 is 11.1 Å². The average Bonchev–Trinajstić information content (AvgIpc) is 2.25. The largest absolute Gasteiger partial charge is 0.369 e. The molecule has 0 saturated carbocycles. The first-order valence-corrected chi connectivity index (χ1v) is 6.05. The van der Waals surface area contributed by atoms with Gasteiger partial charge >= 0.3 is 0 Å². The molecule has 0 bridgehead atoms. The molecule has 0 aliphatic rings. The predicted molar refractivity (Wildman–Crippen MR) is 66.2 cm³/mol. The number of hydrogen-bond acceptors (Lipinski definition) is 3. The number of benzene rings is 1. The molecule has 5 heteroatoms. The van der Waals surface area contributed by atoms with Gasteiger partial charge in [-0.2, -0.15) is 11.8 Å². The number of nitrogens with one attached hydrogen (secondary N) is 1. The highest BCUT2D eigenvalue weighted by Crippen LogP contribution is 2.07. The zero-order chi connectivity index (χ0) is 11.8. The van der Waals surface area contributed by atoms with E-state index in [2.05, 4.69) is 5.32 Å². The van der Waals surface area contributed by atoms with Gasteiger partial charge in [-0.05, 0) is 12.1 Å². The van der Waals surface area contributed by atoms with Crippen molar-refractivity contribution in [2.75, 3.05) is 16.8 Å². The van der Waals surface area contributed by atoms with Gasteiger partial charge in [-0.15, -0.1) is 0 Å². The summed E-state index contributed by atoms with van der Waals surface area (Å²) in [6, 6.07) is 9.26. The van der Waals surface area contributed by atoms with Crippen LogP contribution in [0.5, 0.6) is 0 Å². The van der Waals surface area contributed by atoms with Crippen LogP contribution in [0.2, 0.25) is 0 Å². The van der Waals surface area contributed by atoms with Gasteiger partial charge in [0.25, 0.3) is 0 Å². The maximum absolute atomic E-state index is 11.4. The summed E-state index contributed by atoms with van der Waals surface area (Å²) in [6.45, 7) is 0. The molecule has 0 aliphatic heterocycles. The molecule has 0 spiro atoms. The van der Waals surface area contributed by atoms with E-state index in [4.69, 9.17) is 5.73 Å². The van der Waals surface area contributed by atoms with Gasteiger partial charge in [0.2, 0.25) is 11.8 Å². The van der Waals surface area contributed by atoms with Crippen LogP contribution in [0.1, 0.15) is 6.42 Å². The number of anilines is 1. The van der Waals surface area contributed by atoms with E-state index in [0.29, 0.717) is 12.2 Å². The molecule has 1 rings (SSSR count). The molecule has 16 heavy (non-hydrogen) atoms. The van der Waals surface area contributed by atoms with Gasteiger partial charge in [-0.1, -0.05) is 18.2 Å². The number of hydrogen-bond donors (Lipinski definition) is 2. The number of nitrogens with two attached hydrogens (primary N) is 1. The van der Waals surface area contributed by atoms with Crippen molar-refractivity contribution in [3.63, 3.8) is 0 Å². The second kappa shape index (κ2) is 6.90. The maximum atomic E-state index is 11.4. The molecule has 0 unspecified atom stereocenters. The quantitative estimate of drug-likeness (QED) is 0.732. The van der Waals surface area contributed by atoms with Gasteiger partial charge in [0.05, 0.1) is 5.75 Å². The van der Waals surface area contributed by atoms with E-state index >= 15 is 0 Å². The standard InChI is InChI=1S/C11H14N2O2S/c12-10(14)8-16-7-6-11(15)13-9-4-2-1-3-5-9/h1-5H,6-8H2,(H2,12,14)(H,13,15). The second-order valence-corrected chi connectivity index (χ2v) is 4.29. The predicted octanol–water partition coefficient (Wildman–Crippen LogP) is 1.23. The topological polar surface area (TPSA) is 72.2 Å². The Morgan fingerprint density at radius 3 is 2.56 bits per heavy atom. The van der Waals surface area contributed by atoms with Crippen molar-refractivity contribution in [2.45, 2.75) is 6.42 Å². The number of rotatable bonds is 6. The average molecular weight is 238 g/mol. The number of primary amides is 1. The maximum Gasteiger partial charge on any atom is 0.227 e. The Morgan fingerprint density at radius 2 is 1.94 bits per heavy atom. The van der Waals surface area contributed by atoms with E-state index in [1.807, 2.05) is 30.3 Å². The molecule has 0 aliphatic carbocycles. The highest BCUT2D eigenvalue weighted by molar-refractivity contribution is 7.99. The monoisotopic (exact) mass is 238 g/mol. The van der Waals surface area contributed by atoms with Gasteiger partial charge in [0.15, 0.2) is 0 Å². The molecular weight excluding hydrogens is 224 g/mol. The van der Waals surface area contributed by atoms with Crippen molar-refractivity contribution < 1.29 is 9.59 Å². The number of amides is 2. The van der Waals surface area contributed by atoms with Crippen molar-refractivity contribution in [3.05, 3.63) is 30.3 Å². The van der Waals surface area contributed by atoms with Gasteiger partial charge in [-0.25, -0.2) is 0 Å². The van der Waals surface area contributed by atoms with Crippen molar-refractivity contribution in [1.82, 2.24) is 0 Å². The molecule has 0 fully saturated rings. The molecule has 0 heterocycles. The first-order chi connectivity index (χ1) is 7.68. The van der Waals surface area contributed by atoms with E-state index in [1.54, 1.807) is 0 Å². The van der Waals surface area contributed by atoms with Crippen molar-refractivity contribution >= 4 is 29.3 Å². The van der Waals surface area contributed by atoms with Crippen molar-refractivity contribution in [1.29, 1.82) is 0 Å².